The minimum atomic E-state index is -0.543. The Morgan fingerprint density at radius 2 is 1.52 bits per heavy atom. The summed E-state index contributed by atoms with van der Waals surface area (Å²) >= 11 is 1.64. The van der Waals surface area contributed by atoms with Crippen LogP contribution in [0.5, 0.6) is 0 Å². The number of hydrogen-bond donors (Lipinski definition) is 0. The summed E-state index contributed by atoms with van der Waals surface area (Å²) in [6.45, 7) is 10.5. The van der Waals surface area contributed by atoms with Crippen LogP contribution in [0.3, 0.4) is 0 Å². The Balaban J connectivity index is 1.85. The number of thiophene rings is 1. The van der Waals surface area contributed by atoms with Gasteiger partial charge in [0.05, 0.1) is 6.54 Å². The molecular weight excluding hydrogens is 435 g/mol. The normalized spacial score (nSPS) is 11.3. The number of amides is 2. The van der Waals surface area contributed by atoms with E-state index in [-0.39, 0.29) is 24.2 Å². The fourth-order valence-electron chi connectivity index (χ4n) is 3.50. The summed E-state index contributed by atoms with van der Waals surface area (Å²) in [5.41, 5.74) is 1.92. The average Bonchev–Trinajstić information content (AvgIpc) is 3.16. The van der Waals surface area contributed by atoms with Crippen molar-refractivity contribution in [3.8, 4) is 0 Å². The quantitative estimate of drug-likeness (QED) is 0.430. The molecule has 2 amide bonds. The van der Waals surface area contributed by atoms with Crippen LogP contribution in [0.1, 0.15) is 52.0 Å². The van der Waals surface area contributed by atoms with E-state index in [0.717, 1.165) is 16.0 Å². The molecule has 0 N–H and O–H groups in total. The molecule has 0 bridgehead atoms. The first-order valence-corrected chi connectivity index (χ1v) is 11.8. The van der Waals surface area contributed by atoms with Gasteiger partial charge >= 0.3 is 0 Å². The Labute approximate surface area is 199 Å². The number of rotatable bonds is 7. The highest BCUT2D eigenvalue weighted by Crippen LogP contribution is 2.22. The van der Waals surface area contributed by atoms with E-state index < -0.39 is 5.54 Å². The highest BCUT2D eigenvalue weighted by Gasteiger charge is 2.31. The lowest BCUT2D eigenvalue weighted by atomic mass is 10.0. The lowest BCUT2D eigenvalue weighted by molar-refractivity contribution is -0.134. The first kappa shape index (κ1) is 24.6. The largest absolute Gasteiger partial charge is 0.332 e. The topological polar surface area (TPSA) is 40.6 Å². The molecule has 3 aromatic rings. The van der Waals surface area contributed by atoms with Crippen LogP contribution in [-0.4, -0.2) is 33.7 Å². The summed E-state index contributed by atoms with van der Waals surface area (Å²) in [5.74, 6) is -0.640. The summed E-state index contributed by atoms with van der Waals surface area (Å²) < 4.78 is 13.4. The summed E-state index contributed by atoms with van der Waals surface area (Å²) in [5, 5.41) is 0. The molecule has 0 aliphatic rings. The van der Waals surface area contributed by atoms with E-state index in [9.17, 15) is 14.0 Å². The van der Waals surface area contributed by atoms with Crippen LogP contribution < -0.4 is 0 Å². The number of hydrogen-bond acceptors (Lipinski definition) is 3. The van der Waals surface area contributed by atoms with Crippen LogP contribution in [0.2, 0.25) is 0 Å². The number of benzene rings is 2. The fraction of sp³-hybridized carbons (Fsp3) is 0.333. The molecule has 2 aromatic carbocycles. The SMILES string of the molecule is Cc1ccc(C(=O)N(CC(=O)N(Cc2ccc(F)cc2)Cc2ccc(C)s2)C(C)(C)C)cc1. The Morgan fingerprint density at radius 3 is 2.06 bits per heavy atom. The van der Waals surface area contributed by atoms with E-state index in [1.807, 2.05) is 58.9 Å². The number of aryl methyl sites for hydroxylation is 2. The minimum Gasteiger partial charge on any atom is -0.332 e. The molecule has 1 aromatic heterocycles. The van der Waals surface area contributed by atoms with Crippen LogP contribution in [0.25, 0.3) is 0 Å². The molecule has 0 aliphatic carbocycles. The molecule has 0 saturated carbocycles. The van der Waals surface area contributed by atoms with Crippen LogP contribution in [0.15, 0.2) is 60.7 Å². The van der Waals surface area contributed by atoms with Crippen LogP contribution >= 0.6 is 11.3 Å². The van der Waals surface area contributed by atoms with Gasteiger partial charge in [-0.2, -0.15) is 0 Å². The van der Waals surface area contributed by atoms with Crippen LogP contribution in [0, 0.1) is 19.7 Å². The van der Waals surface area contributed by atoms with Gasteiger partial charge in [0, 0.05) is 27.4 Å². The summed E-state index contributed by atoms with van der Waals surface area (Å²) in [6, 6.07) is 17.6. The molecular formula is C27H31FN2O2S. The molecule has 4 nitrogen and oxygen atoms in total. The second kappa shape index (κ2) is 10.3. The standard InChI is InChI=1S/C27H31FN2O2S/c1-19-6-11-22(12-7-19)26(32)30(27(3,4)5)18-25(31)29(17-24-15-8-20(2)33-24)16-21-9-13-23(28)14-10-21/h6-15H,16-18H2,1-5H3. The molecule has 0 spiro atoms. The minimum absolute atomic E-state index is 0.0399. The fourth-order valence-corrected chi connectivity index (χ4v) is 4.41. The third-order valence-electron chi connectivity index (χ3n) is 5.43. The van der Waals surface area contributed by atoms with Gasteiger partial charge in [-0.3, -0.25) is 9.59 Å². The Bertz CT molecular complexity index is 1100. The molecule has 0 fully saturated rings. The number of halogens is 1. The molecule has 6 heteroatoms. The van der Waals surface area contributed by atoms with Crippen molar-refractivity contribution in [1.82, 2.24) is 9.80 Å². The van der Waals surface area contributed by atoms with Gasteiger partial charge in [0.1, 0.15) is 12.4 Å². The molecule has 0 aliphatic heterocycles. The van der Waals surface area contributed by atoms with Crippen molar-refractivity contribution in [3.63, 3.8) is 0 Å². The number of carbonyl (C=O) groups is 2. The lowest BCUT2D eigenvalue weighted by Gasteiger charge is -2.37. The van der Waals surface area contributed by atoms with Crippen molar-refractivity contribution in [1.29, 1.82) is 0 Å². The van der Waals surface area contributed by atoms with Crippen molar-refractivity contribution in [2.45, 2.75) is 53.2 Å². The molecule has 3 rings (SSSR count). The zero-order chi connectivity index (χ0) is 24.2. The smallest absolute Gasteiger partial charge is 0.254 e. The maximum Gasteiger partial charge on any atom is 0.254 e. The van der Waals surface area contributed by atoms with E-state index in [0.29, 0.717) is 18.7 Å². The van der Waals surface area contributed by atoms with E-state index in [4.69, 9.17) is 0 Å². The zero-order valence-electron chi connectivity index (χ0n) is 19.9. The van der Waals surface area contributed by atoms with E-state index in [1.165, 1.54) is 17.0 Å². The van der Waals surface area contributed by atoms with Gasteiger partial charge in [0.25, 0.3) is 5.91 Å². The molecule has 33 heavy (non-hydrogen) atoms. The third-order valence-corrected chi connectivity index (χ3v) is 6.41. The van der Waals surface area contributed by atoms with Gasteiger partial charge in [-0.05, 0) is 76.6 Å². The maximum absolute atomic E-state index is 13.5. The number of nitrogens with zero attached hydrogens (tertiary/aromatic N) is 2. The van der Waals surface area contributed by atoms with Gasteiger partial charge in [-0.25, -0.2) is 4.39 Å². The first-order chi connectivity index (χ1) is 15.5. The molecule has 0 unspecified atom stereocenters. The van der Waals surface area contributed by atoms with E-state index in [2.05, 4.69) is 0 Å². The Kier molecular flexibility index (Phi) is 7.69. The molecule has 174 valence electrons. The molecule has 0 saturated heterocycles. The second-order valence-corrected chi connectivity index (χ2v) is 10.7. The van der Waals surface area contributed by atoms with Gasteiger partial charge in [-0.1, -0.05) is 29.8 Å². The molecule has 0 atom stereocenters. The Hall–Kier alpha value is -2.99. The highest BCUT2D eigenvalue weighted by molar-refractivity contribution is 7.11. The van der Waals surface area contributed by atoms with Gasteiger partial charge in [0.2, 0.25) is 5.91 Å². The van der Waals surface area contributed by atoms with Gasteiger partial charge in [0.15, 0.2) is 0 Å². The van der Waals surface area contributed by atoms with Crippen molar-refractivity contribution < 1.29 is 14.0 Å². The first-order valence-electron chi connectivity index (χ1n) is 11.0. The second-order valence-electron chi connectivity index (χ2n) is 9.32. The molecule has 0 radical (unpaired) electrons. The average molecular weight is 467 g/mol. The van der Waals surface area contributed by atoms with Crippen molar-refractivity contribution in [2.75, 3.05) is 6.54 Å². The number of carbonyl (C=O) groups excluding carboxylic acids is 2. The highest BCUT2D eigenvalue weighted by atomic mass is 32.1. The summed E-state index contributed by atoms with van der Waals surface area (Å²) in [6.07, 6.45) is 0. The van der Waals surface area contributed by atoms with Crippen LogP contribution in [-0.2, 0) is 17.9 Å². The van der Waals surface area contributed by atoms with Gasteiger partial charge < -0.3 is 9.80 Å². The van der Waals surface area contributed by atoms with E-state index >= 15 is 0 Å². The van der Waals surface area contributed by atoms with Crippen molar-refractivity contribution in [2.24, 2.45) is 0 Å². The monoisotopic (exact) mass is 466 g/mol. The molecule has 1 heterocycles. The Morgan fingerprint density at radius 1 is 0.879 bits per heavy atom. The van der Waals surface area contributed by atoms with Crippen molar-refractivity contribution in [3.05, 3.63) is 92.9 Å². The summed E-state index contributed by atoms with van der Waals surface area (Å²) in [4.78, 5) is 32.5. The third kappa shape index (κ3) is 6.75. The lowest BCUT2D eigenvalue weighted by Crippen LogP contribution is -2.51. The maximum atomic E-state index is 13.5. The van der Waals surface area contributed by atoms with Crippen molar-refractivity contribution >= 4 is 23.2 Å². The predicted octanol–water partition coefficient (Wildman–Crippen LogP) is 5.97. The van der Waals surface area contributed by atoms with Crippen LogP contribution in [0.4, 0.5) is 4.39 Å². The van der Waals surface area contributed by atoms with Gasteiger partial charge in [-0.15, -0.1) is 11.3 Å². The zero-order valence-corrected chi connectivity index (χ0v) is 20.7. The predicted molar refractivity (Wildman–Crippen MR) is 132 cm³/mol. The summed E-state index contributed by atoms with van der Waals surface area (Å²) in [7, 11) is 0. The van der Waals surface area contributed by atoms with E-state index in [1.54, 1.807) is 45.4 Å².